The first-order valence-corrected chi connectivity index (χ1v) is 10.4. The zero-order valence-electron chi connectivity index (χ0n) is 17.1. The number of hydrogen-bond donors (Lipinski definition) is 0. The van der Waals surface area contributed by atoms with Crippen LogP contribution in [0.4, 0.5) is 0 Å². The molecule has 0 aliphatic carbocycles. The van der Waals surface area contributed by atoms with E-state index in [-0.39, 0.29) is 23.7 Å². The molecule has 1 aromatic carbocycles. The van der Waals surface area contributed by atoms with Gasteiger partial charge in [-0.05, 0) is 51.8 Å². The molecule has 2 heterocycles. The second kappa shape index (κ2) is 9.92. The SMILES string of the molecule is CCOC(=O)C1CCN(C(=O)C2CCN(Cc3ccccc3OC)CC2)CC1. The molecular formula is C22H32N2O4. The van der Waals surface area contributed by atoms with Crippen LogP contribution in [-0.2, 0) is 20.9 Å². The Balaban J connectivity index is 1.45. The molecule has 28 heavy (non-hydrogen) atoms. The normalized spacial score (nSPS) is 19.4. The lowest BCUT2D eigenvalue weighted by atomic mass is 9.92. The van der Waals surface area contributed by atoms with Crippen LogP contribution in [0.1, 0.15) is 38.2 Å². The van der Waals surface area contributed by atoms with Crippen LogP contribution >= 0.6 is 0 Å². The lowest BCUT2D eigenvalue weighted by Crippen LogP contribution is -2.46. The molecule has 2 fully saturated rings. The number of piperidine rings is 2. The molecule has 2 aliphatic rings. The molecule has 0 N–H and O–H groups in total. The summed E-state index contributed by atoms with van der Waals surface area (Å²) in [5.74, 6) is 1.13. The molecule has 0 unspecified atom stereocenters. The Hall–Kier alpha value is -2.08. The van der Waals surface area contributed by atoms with E-state index in [2.05, 4.69) is 11.0 Å². The van der Waals surface area contributed by atoms with Crippen molar-refractivity contribution in [1.29, 1.82) is 0 Å². The first-order valence-electron chi connectivity index (χ1n) is 10.4. The lowest BCUT2D eigenvalue weighted by Gasteiger charge is -2.37. The number of hydrogen-bond acceptors (Lipinski definition) is 5. The molecule has 6 heteroatoms. The standard InChI is InChI=1S/C22H32N2O4/c1-3-28-22(26)18-10-14-24(15-11-18)21(25)17-8-12-23(13-9-17)16-19-6-4-5-7-20(19)27-2/h4-7,17-18H,3,8-16H2,1-2H3. The third-order valence-corrected chi connectivity index (χ3v) is 5.95. The fourth-order valence-corrected chi connectivity index (χ4v) is 4.27. The Morgan fingerprint density at radius 2 is 1.64 bits per heavy atom. The minimum Gasteiger partial charge on any atom is -0.496 e. The summed E-state index contributed by atoms with van der Waals surface area (Å²) < 4.78 is 10.6. The quantitative estimate of drug-likeness (QED) is 0.702. The summed E-state index contributed by atoms with van der Waals surface area (Å²) >= 11 is 0. The van der Waals surface area contributed by atoms with Crippen molar-refractivity contribution >= 4 is 11.9 Å². The summed E-state index contributed by atoms with van der Waals surface area (Å²) in [6.07, 6.45) is 3.23. The minimum absolute atomic E-state index is 0.0494. The summed E-state index contributed by atoms with van der Waals surface area (Å²) in [6.45, 7) is 6.30. The summed E-state index contributed by atoms with van der Waals surface area (Å²) in [4.78, 5) is 29.1. The Morgan fingerprint density at radius 1 is 1.00 bits per heavy atom. The van der Waals surface area contributed by atoms with Crippen molar-refractivity contribution in [1.82, 2.24) is 9.80 Å². The van der Waals surface area contributed by atoms with Crippen molar-refractivity contribution in [3.8, 4) is 5.75 Å². The lowest BCUT2D eigenvalue weighted by molar-refractivity contribution is -0.152. The highest BCUT2D eigenvalue weighted by atomic mass is 16.5. The van der Waals surface area contributed by atoms with Gasteiger partial charge < -0.3 is 14.4 Å². The van der Waals surface area contributed by atoms with E-state index < -0.39 is 0 Å². The van der Waals surface area contributed by atoms with Gasteiger partial charge in [-0.25, -0.2) is 0 Å². The van der Waals surface area contributed by atoms with Crippen LogP contribution in [-0.4, -0.2) is 61.6 Å². The van der Waals surface area contributed by atoms with Crippen molar-refractivity contribution in [2.75, 3.05) is 39.9 Å². The molecule has 0 spiro atoms. The average Bonchev–Trinajstić information content (AvgIpc) is 2.74. The Morgan fingerprint density at radius 3 is 2.29 bits per heavy atom. The molecule has 0 radical (unpaired) electrons. The molecule has 1 amide bonds. The minimum atomic E-state index is -0.112. The number of rotatable bonds is 6. The third-order valence-electron chi connectivity index (χ3n) is 5.95. The van der Waals surface area contributed by atoms with Crippen molar-refractivity contribution < 1.29 is 19.1 Å². The van der Waals surface area contributed by atoms with Crippen molar-refractivity contribution in [2.45, 2.75) is 39.2 Å². The molecule has 154 valence electrons. The van der Waals surface area contributed by atoms with Crippen LogP contribution in [0, 0.1) is 11.8 Å². The zero-order chi connectivity index (χ0) is 19.9. The topological polar surface area (TPSA) is 59.1 Å². The number of ether oxygens (including phenoxy) is 2. The first kappa shape index (κ1) is 20.6. The Bertz CT molecular complexity index is 662. The predicted molar refractivity (Wildman–Crippen MR) is 107 cm³/mol. The van der Waals surface area contributed by atoms with Crippen molar-refractivity contribution in [2.24, 2.45) is 11.8 Å². The monoisotopic (exact) mass is 388 g/mol. The number of benzene rings is 1. The van der Waals surface area contributed by atoms with E-state index in [1.165, 1.54) is 5.56 Å². The summed E-state index contributed by atoms with van der Waals surface area (Å²) in [7, 11) is 1.70. The molecule has 2 aliphatic heterocycles. The van der Waals surface area contributed by atoms with Gasteiger partial charge in [-0.1, -0.05) is 18.2 Å². The van der Waals surface area contributed by atoms with Gasteiger partial charge in [-0.2, -0.15) is 0 Å². The van der Waals surface area contributed by atoms with E-state index in [0.29, 0.717) is 19.7 Å². The van der Waals surface area contributed by atoms with Gasteiger partial charge in [0.15, 0.2) is 0 Å². The molecule has 0 saturated carbocycles. The number of esters is 1. The number of para-hydroxylation sites is 1. The number of amides is 1. The summed E-state index contributed by atoms with van der Waals surface area (Å²) in [5, 5.41) is 0. The van der Waals surface area contributed by atoms with Gasteiger partial charge in [0, 0.05) is 31.1 Å². The molecule has 0 aromatic heterocycles. The van der Waals surface area contributed by atoms with Gasteiger partial charge in [0.05, 0.1) is 19.6 Å². The fourth-order valence-electron chi connectivity index (χ4n) is 4.27. The maximum absolute atomic E-state index is 12.9. The number of carbonyl (C=O) groups excluding carboxylic acids is 2. The van der Waals surface area contributed by atoms with Crippen LogP contribution in [0.5, 0.6) is 5.75 Å². The molecule has 0 bridgehead atoms. The van der Waals surface area contributed by atoms with Gasteiger partial charge in [0.1, 0.15) is 5.75 Å². The van der Waals surface area contributed by atoms with Gasteiger partial charge >= 0.3 is 5.97 Å². The molecular weight excluding hydrogens is 356 g/mol. The van der Waals surface area contributed by atoms with E-state index in [1.54, 1.807) is 7.11 Å². The smallest absolute Gasteiger partial charge is 0.309 e. The zero-order valence-corrected chi connectivity index (χ0v) is 17.1. The fraction of sp³-hybridized carbons (Fsp3) is 0.636. The van der Waals surface area contributed by atoms with Gasteiger partial charge in [-0.15, -0.1) is 0 Å². The number of nitrogens with zero attached hydrogens (tertiary/aromatic N) is 2. The van der Waals surface area contributed by atoms with Crippen molar-refractivity contribution in [3.63, 3.8) is 0 Å². The second-order valence-corrected chi connectivity index (χ2v) is 7.71. The van der Waals surface area contributed by atoms with E-state index >= 15 is 0 Å². The molecule has 3 rings (SSSR count). The predicted octanol–water partition coefficient (Wildman–Crippen LogP) is 2.71. The molecule has 0 atom stereocenters. The number of carbonyl (C=O) groups is 2. The largest absolute Gasteiger partial charge is 0.496 e. The van der Waals surface area contributed by atoms with Gasteiger partial charge in [0.25, 0.3) is 0 Å². The van der Waals surface area contributed by atoms with Crippen LogP contribution in [0.2, 0.25) is 0 Å². The van der Waals surface area contributed by atoms with Crippen molar-refractivity contribution in [3.05, 3.63) is 29.8 Å². The third kappa shape index (κ3) is 5.04. The highest BCUT2D eigenvalue weighted by molar-refractivity contribution is 5.79. The van der Waals surface area contributed by atoms with Crippen LogP contribution in [0.15, 0.2) is 24.3 Å². The van der Waals surface area contributed by atoms with Crippen LogP contribution < -0.4 is 4.74 Å². The summed E-state index contributed by atoms with van der Waals surface area (Å²) in [6, 6.07) is 8.11. The Labute approximate surface area is 167 Å². The molecule has 6 nitrogen and oxygen atoms in total. The number of likely N-dealkylation sites (tertiary alicyclic amines) is 2. The van der Waals surface area contributed by atoms with E-state index in [1.807, 2.05) is 30.0 Å². The summed E-state index contributed by atoms with van der Waals surface area (Å²) in [5.41, 5.74) is 1.19. The highest BCUT2D eigenvalue weighted by Crippen LogP contribution is 2.26. The van der Waals surface area contributed by atoms with E-state index in [4.69, 9.17) is 9.47 Å². The van der Waals surface area contributed by atoms with Crippen LogP contribution in [0.25, 0.3) is 0 Å². The molecule has 2 saturated heterocycles. The van der Waals surface area contributed by atoms with Gasteiger partial charge in [-0.3, -0.25) is 14.5 Å². The number of methoxy groups -OCH3 is 1. The average molecular weight is 389 g/mol. The Kier molecular flexibility index (Phi) is 7.31. The van der Waals surface area contributed by atoms with Crippen LogP contribution in [0.3, 0.4) is 0 Å². The second-order valence-electron chi connectivity index (χ2n) is 7.71. The van der Waals surface area contributed by atoms with E-state index in [9.17, 15) is 9.59 Å². The van der Waals surface area contributed by atoms with Gasteiger partial charge in [0.2, 0.25) is 5.91 Å². The van der Waals surface area contributed by atoms with E-state index in [0.717, 1.165) is 51.1 Å². The highest BCUT2D eigenvalue weighted by Gasteiger charge is 2.33. The molecule has 1 aromatic rings. The maximum atomic E-state index is 12.9. The first-order chi connectivity index (χ1) is 13.6. The maximum Gasteiger partial charge on any atom is 0.309 e.